The second-order valence-electron chi connectivity index (χ2n) is 4.74. The molecule has 1 unspecified atom stereocenters. The highest BCUT2D eigenvalue weighted by atomic mass is 15.1. The van der Waals surface area contributed by atoms with Gasteiger partial charge < -0.3 is 16.0 Å². The third kappa shape index (κ3) is 2.48. The third-order valence-corrected chi connectivity index (χ3v) is 3.27. The van der Waals surface area contributed by atoms with Crippen LogP contribution in [0.2, 0.25) is 0 Å². The van der Waals surface area contributed by atoms with E-state index in [1.807, 2.05) is 37.4 Å². The predicted octanol–water partition coefficient (Wildman–Crippen LogP) is 2.24. The first-order valence-corrected chi connectivity index (χ1v) is 6.60. The Kier molecular flexibility index (Phi) is 3.35. The summed E-state index contributed by atoms with van der Waals surface area (Å²) in [5, 5.41) is 3.00. The van der Waals surface area contributed by atoms with Crippen LogP contribution in [0.15, 0.2) is 42.5 Å². The molecule has 0 aliphatic carbocycles. The molecule has 0 amide bonds. The van der Waals surface area contributed by atoms with Gasteiger partial charge in [-0.1, -0.05) is 30.3 Å². The number of hydrogen-bond donors (Lipinski definition) is 3. The number of aromatic nitrogens is 3. The van der Waals surface area contributed by atoms with E-state index in [4.69, 9.17) is 5.73 Å². The number of nitrogens with zero attached hydrogens (tertiary/aromatic N) is 2. The SMILES string of the molecule is CNc1ccc2[nH]c(C(N)Cc3ccccc3)nc2n1. The van der Waals surface area contributed by atoms with Gasteiger partial charge in [-0.3, -0.25) is 0 Å². The normalized spacial score (nSPS) is 12.5. The molecule has 0 saturated carbocycles. The fourth-order valence-corrected chi connectivity index (χ4v) is 2.19. The lowest BCUT2D eigenvalue weighted by molar-refractivity contribution is 0.680. The number of H-pyrrole nitrogens is 1. The lowest BCUT2D eigenvalue weighted by atomic mass is 10.1. The van der Waals surface area contributed by atoms with Crippen molar-refractivity contribution in [3.8, 4) is 0 Å². The van der Waals surface area contributed by atoms with Gasteiger partial charge in [-0.15, -0.1) is 0 Å². The van der Waals surface area contributed by atoms with Crippen molar-refractivity contribution in [1.82, 2.24) is 15.0 Å². The summed E-state index contributed by atoms with van der Waals surface area (Å²) < 4.78 is 0. The molecule has 3 rings (SSSR count). The van der Waals surface area contributed by atoms with E-state index in [-0.39, 0.29) is 6.04 Å². The van der Waals surface area contributed by atoms with Crippen LogP contribution in [-0.4, -0.2) is 22.0 Å². The predicted molar refractivity (Wildman–Crippen MR) is 80.5 cm³/mol. The van der Waals surface area contributed by atoms with Crippen molar-refractivity contribution in [1.29, 1.82) is 0 Å². The van der Waals surface area contributed by atoms with Crippen LogP contribution in [0.25, 0.3) is 11.2 Å². The Morgan fingerprint density at radius 3 is 2.70 bits per heavy atom. The summed E-state index contributed by atoms with van der Waals surface area (Å²) in [7, 11) is 1.84. The Morgan fingerprint density at radius 1 is 1.15 bits per heavy atom. The Hall–Kier alpha value is -2.40. The molecule has 5 heteroatoms. The average Bonchev–Trinajstić information content (AvgIpc) is 2.91. The summed E-state index contributed by atoms with van der Waals surface area (Å²) in [6, 6.07) is 13.9. The molecule has 0 fully saturated rings. The average molecular weight is 267 g/mol. The highest BCUT2D eigenvalue weighted by Crippen LogP contribution is 2.18. The van der Waals surface area contributed by atoms with Crippen molar-refractivity contribution in [2.75, 3.05) is 12.4 Å². The second kappa shape index (κ2) is 5.30. The van der Waals surface area contributed by atoms with Crippen LogP contribution in [0.1, 0.15) is 17.4 Å². The monoisotopic (exact) mass is 267 g/mol. The van der Waals surface area contributed by atoms with Crippen molar-refractivity contribution in [2.24, 2.45) is 5.73 Å². The highest BCUT2D eigenvalue weighted by Gasteiger charge is 2.12. The largest absolute Gasteiger partial charge is 0.373 e. The molecular weight excluding hydrogens is 250 g/mol. The molecule has 2 aromatic heterocycles. The summed E-state index contributed by atoms with van der Waals surface area (Å²) in [5.41, 5.74) is 9.02. The Morgan fingerprint density at radius 2 is 1.95 bits per heavy atom. The van der Waals surface area contributed by atoms with Gasteiger partial charge in [-0.2, -0.15) is 0 Å². The number of aromatic amines is 1. The first-order chi connectivity index (χ1) is 9.76. The van der Waals surface area contributed by atoms with Gasteiger partial charge in [0, 0.05) is 7.05 Å². The molecule has 102 valence electrons. The van der Waals surface area contributed by atoms with Crippen LogP contribution in [0.4, 0.5) is 5.82 Å². The molecule has 0 saturated heterocycles. The van der Waals surface area contributed by atoms with Crippen LogP contribution in [0.5, 0.6) is 0 Å². The maximum Gasteiger partial charge on any atom is 0.179 e. The number of pyridine rings is 1. The molecular formula is C15H17N5. The Bertz CT molecular complexity index is 705. The van der Waals surface area contributed by atoms with Crippen molar-refractivity contribution in [2.45, 2.75) is 12.5 Å². The molecule has 1 atom stereocenters. The van der Waals surface area contributed by atoms with Crippen LogP contribution in [0, 0.1) is 0 Å². The fraction of sp³-hybridized carbons (Fsp3) is 0.200. The lowest BCUT2D eigenvalue weighted by Crippen LogP contribution is -2.14. The van der Waals surface area contributed by atoms with Gasteiger partial charge in [0.2, 0.25) is 0 Å². The Balaban J connectivity index is 1.86. The van der Waals surface area contributed by atoms with Crippen LogP contribution >= 0.6 is 0 Å². The maximum atomic E-state index is 6.22. The lowest BCUT2D eigenvalue weighted by Gasteiger charge is -2.08. The third-order valence-electron chi connectivity index (χ3n) is 3.27. The zero-order valence-electron chi connectivity index (χ0n) is 11.3. The summed E-state index contributed by atoms with van der Waals surface area (Å²) in [5.74, 6) is 1.57. The molecule has 0 spiro atoms. The molecule has 1 aromatic carbocycles. The smallest absolute Gasteiger partial charge is 0.179 e. The highest BCUT2D eigenvalue weighted by molar-refractivity contribution is 5.73. The van der Waals surface area contributed by atoms with E-state index < -0.39 is 0 Å². The number of hydrogen-bond acceptors (Lipinski definition) is 4. The minimum Gasteiger partial charge on any atom is -0.373 e. The van der Waals surface area contributed by atoms with E-state index in [1.54, 1.807) is 0 Å². The van der Waals surface area contributed by atoms with E-state index in [2.05, 4.69) is 32.4 Å². The van der Waals surface area contributed by atoms with Gasteiger partial charge >= 0.3 is 0 Å². The minimum atomic E-state index is -0.162. The Labute approximate surface area is 117 Å². The van der Waals surface area contributed by atoms with E-state index in [1.165, 1.54) is 5.56 Å². The topological polar surface area (TPSA) is 79.6 Å². The summed E-state index contributed by atoms with van der Waals surface area (Å²) in [6.45, 7) is 0. The van der Waals surface area contributed by atoms with Crippen molar-refractivity contribution < 1.29 is 0 Å². The quantitative estimate of drug-likeness (QED) is 0.677. The van der Waals surface area contributed by atoms with Gasteiger partial charge in [-0.05, 0) is 24.1 Å². The van der Waals surface area contributed by atoms with Gasteiger partial charge in [0.15, 0.2) is 5.65 Å². The summed E-state index contributed by atoms with van der Waals surface area (Å²) >= 11 is 0. The summed E-state index contributed by atoms with van der Waals surface area (Å²) in [6.07, 6.45) is 0.750. The minimum absolute atomic E-state index is 0.162. The van der Waals surface area contributed by atoms with Gasteiger partial charge in [-0.25, -0.2) is 9.97 Å². The van der Waals surface area contributed by atoms with Crippen LogP contribution < -0.4 is 11.1 Å². The molecule has 5 nitrogen and oxygen atoms in total. The van der Waals surface area contributed by atoms with E-state index in [0.29, 0.717) is 5.65 Å². The standard InChI is InChI=1S/C15H17N5/c1-17-13-8-7-12-15(19-13)20-14(18-12)11(16)9-10-5-3-2-4-6-10/h2-8,11H,9,16H2,1H3,(H2,17,18,19,20). The number of fused-ring (bicyclic) bond motifs is 1. The number of nitrogens with two attached hydrogens (primary N) is 1. The second-order valence-corrected chi connectivity index (χ2v) is 4.74. The first-order valence-electron chi connectivity index (χ1n) is 6.60. The number of nitrogens with one attached hydrogen (secondary N) is 2. The molecule has 2 heterocycles. The van der Waals surface area contributed by atoms with Gasteiger partial charge in [0.25, 0.3) is 0 Å². The molecule has 0 bridgehead atoms. The first kappa shape index (κ1) is 12.6. The maximum absolute atomic E-state index is 6.22. The zero-order valence-corrected chi connectivity index (χ0v) is 11.3. The van der Waals surface area contributed by atoms with Crippen molar-refractivity contribution >= 4 is 17.0 Å². The molecule has 20 heavy (non-hydrogen) atoms. The molecule has 4 N–H and O–H groups in total. The molecule has 3 aromatic rings. The number of rotatable bonds is 4. The van der Waals surface area contributed by atoms with Gasteiger partial charge in [0.1, 0.15) is 11.6 Å². The van der Waals surface area contributed by atoms with Crippen molar-refractivity contribution in [3.63, 3.8) is 0 Å². The molecule has 0 radical (unpaired) electrons. The number of imidazole rings is 1. The fourth-order valence-electron chi connectivity index (χ4n) is 2.19. The summed E-state index contributed by atoms with van der Waals surface area (Å²) in [4.78, 5) is 12.1. The van der Waals surface area contributed by atoms with Crippen LogP contribution in [-0.2, 0) is 6.42 Å². The van der Waals surface area contributed by atoms with Crippen LogP contribution in [0.3, 0.4) is 0 Å². The van der Waals surface area contributed by atoms with E-state index >= 15 is 0 Å². The van der Waals surface area contributed by atoms with Crippen molar-refractivity contribution in [3.05, 3.63) is 53.9 Å². The molecule has 0 aliphatic rings. The van der Waals surface area contributed by atoms with E-state index in [9.17, 15) is 0 Å². The molecule has 0 aliphatic heterocycles. The van der Waals surface area contributed by atoms with Gasteiger partial charge in [0.05, 0.1) is 11.6 Å². The number of anilines is 1. The zero-order chi connectivity index (χ0) is 13.9. The number of benzene rings is 1. The van der Waals surface area contributed by atoms with E-state index in [0.717, 1.165) is 23.6 Å².